The standard InChI is InChI=1S/C19H38O8/c1-3-5-7-9-25-12-13(21)18(26-10-8-6-4-2)19-17(24)16(23)15(22)14(11-20)27-19/h13-24H,3-12H2,1-2H3/t13?,14-,15-,16+,17-,18?,19-/m1/s1. The van der Waals surface area contributed by atoms with Crippen LogP contribution in [-0.2, 0) is 14.2 Å². The van der Waals surface area contributed by atoms with Crippen molar-refractivity contribution in [3.8, 4) is 0 Å². The van der Waals surface area contributed by atoms with Gasteiger partial charge in [-0.1, -0.05) is 39.5 Å². The summed E-state index contributed by atoms with van der Waals surface area (Å²) in [6, 6.07) is 0. The van der Waals surface area contributed by atoms with Gasteiger partial charge in [-0.25, -0.2) is 0 Å². The summed E-state index contributed by atoms with van der Waals surface area (Å²) in [4.78, 5) is 0. The van der Waals surface area contributed by atoms with E-state index in [0.29, 0.717) is 13.2 Å². The minimum atomic E-state index is -1.50. The van der Waals surface area contributed by atoms with Crippen molar-refractivity contribution < 1.29 is 39.7 Å². The zero-order valence-electron chi connectivity index (χ0n) is 16.6. The Hall–Kier alpha value is -0.320. The topological polar surface area (TPSA) is 129 Å². The lowest BCUT2D eigenvalue weighted by Crippen LogP contribution is -2.63. The molecule has 0 saturated carbocycles. The quantitative estimate of drug-likeness (QED) is 0.260. The number of hydrogen-bond donors (Lipinski definition) is 5. The molecule has 8 nitrogen and oxygen atoms in total. The van der Waals surface area contributed by atoms with Crippen molar-refractivity contribution in [2.75, 3.05) is 26.4 Å². The molecule has 0 bridgehead atoms. The highest BCUT2D eigenvalue weighted by Gasteiger charge is 2.48. The number of rotatable bonds is 14. The van der Waals surface area contributed by atoms with Gasteiger partial charge in [-0.3, -0.25) is 0 Å². The smallest absolute Gasteiger partial charge is 0.115 e. The summed E-state index contributed by atoms with van der Waals surface area (Å²) in [5.74, 6) is 0. The molecule has 0 aromatic carbocycles. The first-order chi connectivity index (χ1) is 13.0. The summed E-state index contributed by atoms with van der Waals surface area (Å²) in [6.07, 6.45) is -2.77. The van der Waals surface area contributed by atoms with Crippen LogP contribution in [0.5, 0.6) is 0 Å². The van der Waals surface area contributed by atoms with Crippen molar-refractivity contribution in [3.05, 3.63) is 0 Å². The Balaban J connectivity index is 2.73. The van der Waals surface area contributed by atoms with Gasteiger partial charge in [0.1, 0.15) is 42.7 Å². The van der Waals surface area contributed by atoms with Gasteiger partial charge in [0, 0.05) is 13.2 Å². The molecule has 1 aliphatic rings. The maximum Gasteiger partial charge on any atom is 0.115 e. The molecule has 2 unspecified atom stereocenters. The van der Waals surface area contributed by atoms with Crippen LogP contribution in [0, 0.1) is 0 Å². The molecule has 1 saturated heterocycles. The molecule has 162 valence electrons. The van der Waals surface area contributed by atoms with E-state index in [2.05, 4.69) is 13.8 Å². The molecule has 27 heavy (non-hydrogen) atoms. The van der Waals surface area contributed by atoms with Crippen LogP contribution >= 0.6 is 0 Å². The minimum absolute atomic E-state index is 0.0111. The summed E-state index contributed by atoms with van der Waals surface area (Å²) in [6.45, 7) is 4.52. The predicted octanol–water partition coefficient (Wildman–Crippen LogP) is -0.0281. The van der Waals surface area contributed by atoms with Crippen molar-refractivity contribution >= 4 is 0 Å². The van der Waals surface area contributed by atoms with Gasteiger partial charge in [0.2, 0.25) is 0 Å². The first kappa shape index (κ1) is 24.7. The van der Waals surface area contributed by atoms with Crippen molar-refractivity contribution in [1.29, 1.82) is 0 Å². The Morgan fingerprint density at radius 1 is 0.889 bits per heavy atom. The molecule has 1 heterocycles. The van der Waals surface area contributed by atoms with E-state index in [-0.39, 0.29) is 6.61 Å². The maximum absolute atomic E-state index is 10.6. The van der Waals surface area contributed by atoms with Gasteiger partial charge in [-0.05, 0) is 12.8 Å². The van der Waals surface area contributed by atoms with E-state index in [1.807, 2.05) is 0 Å². The van der Waals surface area contributed by atoms with Crippen molar-refractivity contribution in [1.82, 2.24) is 0 Å². The van der Waals surface area contributed by atoms with Gasteiger partial charge >= 0.3 is 0 Å². The molecule has 1 aliphatic heterocycles. The second-order valence-corrected chi connectivity index (χ2v) is 7.19. The molecule has 1 rings (SSSR count). The van der Waals surface area contributed by atoms with E-state index >= 15 is 0 Å². The summed E-state index contributed by atoms with van der Waals surface area (Å²) in [7, 11) is 0. The van der Waals surface area contributed by atoms with E-state index in [1.165, 1.54) is 0 Å². The number of ether oxygens (including phenoxy) is 3. The molecular weight excluding hydrogens is 356 g/mol. The fourth-order valence-electron chi connectivity index (χ4n) is 3.15. The Bertz CT molecular complexity index is 368. The third-order valence-corrected chi connectivity index (χ3v) is 4.87. The van der Waals surface area contributed by atoms with E-state index in [1.54, 1.807) is 0 Å². The van der Waals surface area contributed by atoms with Gasteiger partial charge in [0.15, 0.2) is 0 Å². The highest BCUT2D eigenvalue weighted by molar-refractivity contribution is 4.97. The monoisotopic (exact) mass is 394 g/mol. The van der Waals surface area contributed by atoms with Crippen molar-refractivity contribution in [2.45, 2.75) is 95.1 Å². The molecule has 0 radical (unpaired) electrons. The molecule has 7 atom stereocenters. The Morgan fingerprint density at radius 2 is 1.52 bits per heavy atom. The molecule has 1 fully saturated rings. The molecule has 5 N–H and O–H groups in total. The molecule has 0 aromatic rings. The summed E-state index contributed by atoms with van der Waals surface area (Å²) in [5.41, 5.74) is 0. The van der Waals surface area contributed by atoms with Crippen LogP contribution < -0.4 is 0 Å². The average molecular weight is 395 g/mol. The van der Waals surface area contributed by atoms with Gasteiger partial charge in [-0.2, -0.15) is 0 Å². The van der Waals surface area contributed by atoms with E-state index in [4.69, 9.17) is 14.2 Å². The maximum atomic E-state index is 10.6. The highest BCUT2D eigenvalue weighted by Crippen LogP contribution is 2.26. The summed E-state index contributed by atoms with van der Waals surface area (Å²) in [5, 5.41) is 50.2. The zero-order chi connectivity index (χ0) is 20.2. The van der Waals surface area contributed by atoms with Gasteiger partial charge < -0.3 is 39.7 Å². The predicted molar refractivity (Wildman–Crippen MR) is 99.4 cm³/mol. The van der Waals surface area contributed by atoms with Crippen LogP contribution in [0.3, 0.4) is 0 Å². The minimum Gasteiger partial charge on any atom is -0.394 e. The number of hydrogen-bond acceptors (Lipinski definition) is 8. The third kappa shape index (κ3) is 7.91. The van der Waals surface area contributed by atoms with Crippen molar-refractivity contribution in [2.24, 2.45) is 0 Å². The van der Waals surface area contributed by atoms with Gasteiger partial charge in [-0.15, -0.1) is 0 Å². The fourth-order valence-corrected chi connectivity index (χ4v) is 3.15. The lowest BCUT2D eigenvalue weighted by Gasteiger charge is -2.43. The molecular formula is C19H38O8. The van der Waals surface area contributed by atoms with Crippen LogP contribution in [0.1, 0.15) is 52.4 Å². The second-order valence-electron chi connectivity index (χ2n) is 7.19. The van der Waals surface area contributed by atoms with E-state index in [9.17, 15) is 25.5 Å². The third-order valence-electron chi connectivity index (χ3n) is 4.87. The van der Waals surface area contributed by atoms with Gasteiger partial charge in [0.25, 0.3) is 0 Å². The zero-order valence-corrected chi connectivity index (χ0v) is 16.6. The lowest BCUT2D eigenvalue weighted by atomic mass is 9.90. The Morgan fingerprint density at radius 3 is 2.11 bits per heavy atom. The number of aliphatic hydroxyl groups is 5. The number of aliphatic hydroxyl groups excluding tert-OH is 5. The van der Waals surface area contributed by atoms with Crippen LogP contribution in [0.15, 0.2) is 0 Å². The first-order valence-electron chi connectivity index (χ1n) is 10.2. The normalized spacial score (nSPS) is 31.0. The molecule has 0 aromatic heterocycles. The molecule has 0 aliphatic carbocycles. The molecule has 8 heteroatoms. The van der Waals surface area contributed by atoms with Crippen LogP contribution in [0.2, 0.25) is 0 Å². The number of unbranched alkanes of at least 4 members (excludes halogenated alkanes) is 4. The lowest BCUT2D eigenvalue weighted by molar-refractivity contribution is -0.265. The first-order valence-corrected chi connectivity index (χ1v) is 10.2. The highest BCUT2D eigenvalue weighted by atomic mass is 16.6. The van der Waals surface area contributed by atoms with E-state index < -0.39 is 49.3 Å². The Labute approximate surface area is 162 Å². The van der Waals surface area contributed by atoms with Gasteiger partial charge in [0.05, 0.1) is 13.2 Å². The average Bonchev–Trinajstić information content (AvgIpc) is 2.67. The molecule has 0 amide bonds. The van der Waals surface area contributed by atoms with Crippen LogP contribution in [-0.4, -0.2) is 94.7 Å². The Kier molecular flexibility index (Phi) is 12.6. The van der Waals surface area contributed by atoms with E-state index in [0.717, 1.165) is 38.5 Å². The van der Waals surface area contributed by atoms with Crippen molar-refractivity contribution in [3.63, 3.8) is 0 Å². The second kappa shape index (κ2) is 13.8. The molecule has 0 spiro atoms. The largest absolute Gasteiger partial charge is 0.394 e. The van der Waals surface area contributed by atoms with Crippen LogP contribution in [0.4, 0.5) is 0 Å². The fraction of sp³-hybridized carbons (Fsp3) is 1.00. The SMILES string of the molecule is CCCCCOCC(O)C(OCCCCC)[C@@H]1O[C@H](CO)[C@@H](O)[C@H](O)[C@H]1O. The summed E-state index contributed by atoms with van der Waals surface area (Å²) >= 11 is 0. The summed E-state index contributed by atoms with van der Waals surface area (Å²) < 4.78 is 16.9. The van der Waals surface area contributed by atoms with Crippen LogP contribution in [0.25, 0.3) is 0 Å².